The number of aliphatic hydroxyl groups excluding tert-OH is 1. The zero-order valence-corrected chi connectivity index (χ0v) is 15.8. The van der Waals surface area contributed by atoms with Gasteiger partial charge in [0, 0.05) is 28.6 Å². The van der Waals surface area contributed by atoms with Crippen LogP contribution in [0.1, 0.15) is 5.56 Å². The second kappa shape index (κ2) is 6.89. The van der Waals surface area contributed by atoms with E-state index in [0.717, 1.165) is 0 Å². The third-order valence-electron chi connectivity index (χ3n) is 4.87. The molecule has 0 aliphatic heterocycles. The number of rotatable bonds is 3. The van der Waals surface area contributed by atoms with Crippen LogP contribution in [0.4, 0.5) is 13.2 Å². The highest BCUT2D eigenvalue weighted by molar-refractivity contribution is 6.37. The number of fused-ring (bicyclic) bond motifs is 3. The molecule has 1 aromatic carbocycles. The van der Waals surface area contributed by atoms with E-state index in [1.54, 1.807) is 43.5 Å². The van der Waals surface area contributed by atoms with E-state index in [1.165, 1.54) is 10.6 Å². The first-order valence-electron chi connectivity index (χ1n) is 8.69. The van der Waals surface area contributed by atoms with Crippen molar-refractivity contribution in [1.82, 2.24) is 14.5 Å². The molecule has 5 nitrogen and oxygen atoms in total. The highest BCUT2D eigenvalue weighted by Gasteiger charge is 2.39. The maximum atomic E-state index is 13.1. The largest absolute Gasteiger partial charge is 0.416 e. The smallest absolute Gasteiger partial charge is 0.382 e. The van der Waals surface area contributed by atoms with Gasteiger partial charge in [0.1, 0.15) is 0 Å². The summed E-state index contributed by atoms with van der Waals surface area (Å²) in [5.41, 5.74) is 2.10. The van der Waals surface area contributed by atoms with Gasteiger partial charge in [-0.05, 0) is 36.8 Å². The molecule has 0 fully saturated rings. The molecule has 3 heterocycles. The fourth-order valence-electron chi connectivity index (χ4n) is 3.65. The molecule has 0 saturated carbocycles. The number of benzene rings is 1. The highest BCUT2D eigenvalue weighted by Crippen LogP contribution is 2.39. The van der Waals surface area contributed by atoms with Crippen LogP contribution in [0, 0.1) is 6.92 Å². The van der Waals surface area contributed by atoms with Gasteiger partial charge in [0.25, 0.3) is 0 Å². The van der Waals surface area contributed by atoms with Gasteiger partial charge in [-0.2, -0.15) is 13.2 Å². The maximum Gasteiger partial charge on any atom is 0.416 e. The van der Waals surface area contributed by atoms with E-state index in [9.17, 15) is 23.1 Å². The summed E-state index contributed by atoms with van der Waals surface area (Å²) in [4.78, 5) is 18.7. The van der Waals surface area contributed by atoms with Crippen LogP contribution in [0.2, 0.25) is 5.02 Å². The Morgan fingerprint density at radius 1 is 1.24 bits per heavy atom. The van der Waals surface area contributed by atoms with E-state index >= 15 is 0 Å². The van der Waals surface area contributed by atoms with Crippen LogP contribution in [0.3, 0.4) is 0 Å². The third kappa shape index (κ3) is 3.28. The number of H-pyrrole nitrogens is 1. The summed E-state index contributed by atoms with van der Waals surface area (Å²) in [6.45, 7) is 1.05. The second-order valence-corrected chi connectivity index (χ2v) is 7.13. The summed E-state index contributed by atoms with van der Waals surface area (Å²) in [5, 5.41) is 11.1. The summed E-state index contributed by atoms with van der Waals surface area (Å²) < 4.78 is 40.7. The first kappa shape index (κ1) is 19.5. The van der Waals surface area contributed by atoms with Gasteiger partial charge in [-0.25, -0.2) is 0 Å². The second-order valence-electron chi connectivity index (χ2n) is 6.72. The summed E-state index contributed by atoms with van der Waals surface area (Å²) in [5.74, 6) is 0. The summed E-state index contributed by atoms with van der Waals surface area (Å²) in [7, 11) is 0. The Bertz CT molecular complexity index is 1280. The zero-order chi connectivity index (χ0) is 20.9. The van der Waals surface area contributed by atoms with Crippen molar-refractivity contribution in [2.75, 3.05) is 0 Å². The van der Waals surface area contributed by atoms with Crippen LogP contribution in [0.25, 0.3) is 33.2 Å². The summed E-state index contributed by atoms with van der Waals surface area (Å²) >= 11 is 6.32. The fraction of sp³-hybridized carbons (Fsp3) is 0.200. The number of nitrogens with zero attached hydrogens (tertiary/aromatic N) is 2. The number of aromatic nitrogens is 3. The fourth-order valence-corrected chi connectivity index (χ4v) is 3.94. The predicted molar refractivity (Wildman–Crippen MR) is 105 cm³/mol. The molecule has 9 heteroatoms. The zero-order valence-electron chi connectivity index (χ0n) is 15.1. The summed E-state index contributed by atoms with van der Waals surface area (Å²) in [6.07, 6.45) is -5.78. The lowest BCUT2D eigenvalue weighted by atomic mass is 10.1. The number of hydrogen-bond donors (Lipinski definition) is 2. The van der Waals surface area contributed by atoms with Gasteiger partial charge in [-0.1, -0.05) is 17.7 Å². The van der Waals surface area contributed by atoms with Gasteiger partial charge in [0.2, 0.25) is 5.56 Å². The molecule has 4 rings (SSSR count). The standard InChI is InChI=1S/C20H15ClF3N3O2/c1-10-17-14(6-5-12-18(17)11(21)8-16(29)26-12)27(9-15(28)20(22,23)24)19(10)13-4-2-3-7-25-13/h2-8,15,28H,9H2,1H3,(H,26,29)/t15-/m0/s1. The number of aryl methyl sites for hydroxylation is 1. The number of halogens is 4. The van der Waals surface area contributed by atoms with Gasteiger partial charge < -0.3 is 14.7 Å². The monoisotopic (exact) mass is 421 g/mol. The van der Waals surface area contributed by atoms with Crippen molar-refractivity contribution in [3.05, 3.63) is 63.5 Å². The minimum Gasteiger partial charge on any atom is -0.382 e. The molecule has 29 heavy (non-hydrogen) atoms. The number of nitrogens with one attached hydrogen (secondary N) is 1. The van der Waals surface area contributed by atoms with Crippen LogP contribution in [0.15, 0.2) is 47.4 Å². The number of alkyl halides is 3. The van der Waals surface area contributed by atoms with E-state index in [2.05, 4.69) is 9.97 Å². The van der Waals surface area contributed by atoms with Crippen LogP contribution in [-0.4, -0.2) is 31.9 Å². The van der Waals surface area contributed by atoms with Crippen molar-refractivity contribution in [2.45, 2.75) is 25.7 Å². The molecule has 0 aliphatic carbocycles. The quantitative estimate of drug-likeness (QED) is 0.514. The molecule has 3 aromatic heterocycles. The van der Waals surface area contributed by atoms with E-state index in [4.69, 9.17) is 11.6 Å². The van der Waals surface area contributed by atoms with Crippen molar-refractivity contribution in [3.63, 3.8) is 0 Å². The normalized spacial score (nSPS) is 13.3. The molecule has 0 radical (unpaired) electrons. The van der Waals surface area contributed by atoms with Crippen LogP contribution < -0.4 is 5.56 Å². The molecule has 0 saturated heterocycles. The highest BCUT2D eigenvalue weighted by atomic mass is 35.5. The van der Waals surface area contributed by atoms with E-state index < -0.39 is 18.8 Å². The van der Waals surface area contributed by atoms with Crippen molar-refractivity contribution < 1.29 is 18.3 Å². The maximum absolute atomic E-state index is 13.1. The topological polar surface area (TPSA) is 70.9 Å². The Balaban J connectivity index is 2.11. The predicted octanol–water partition coefficient (Wildman–Crippen LogP) is 4.43. The lowest BCUT2D eigenvalue weighted by Crippen LogP contribution is -2.33. The first-order valence-corrected chi connectivity index (χ1v) is 9.07. The molecule has 0 aliphatic rings. The Kier molecular flexibility index (Phi) is 4.63. The molecule has 150 valence electrons. The SMILES string of the molecule is Cc1c(-c2ccccn2)n(C[C@H](O)C(F)(F)F)c2ccc3[nH]c(=O)cc(Cl)c3c12. The number of hydrogen-bond acceptors (Lipinski definition) is 3. The lowest BCUT2D eigenvalue weighted by Gasteiger charge is -2.18. The molecule has 0 amide bonds. The molecule has 1 atom stereocenters. The van der Waals surface area contributed by atoms with E-state index in [-0.39, 0.29) is 10.6 Å². The minimum atomic E-state index is -4.77. The van der Waals surface area contributed by atoms with Gasteiger partial charge in [-0.3, -0.25) is 9.78 Å². The van der Waals surface area contributed by atoms with E-state index in [0.29, 0.717) is 38.8 Å². The number of aliphatic hydroxyl groups is 1. The number of pyridine rings is 2. The molecule has 0 spiro atoms. The van der Waals surface area contributed by atoms with Gasteiger partial charge in [0.15, 0.2) is 6.10 Å². The molecule has 2 N–H and O–H groups in total. The Morgan fingerprint density at radius 2 is 2.00 bits per heavy atom. The van der Waals surface area contributed by atoms with Crippen molar-refractivity contribution in [1.29, 1.82) is 0 Å². The van der Waals surface area contributed by atoms with Gasteiger partial charge in [-0.15, -0.1) is 0 Å². The third-order valence-corrected chi connectivity index (χ3v) is 5.17. The summed E-state index contributed by atoms with van der Waals surface area (Å²) in [6, 6.07) is 9.53. The average Bonchev–Trinajstić information content (AvgIpc) is 2.93. The molecular weight excluding hydrogens is 407 g/mol. The van der Waals surface area contributed by atoms with Gasteiger partial charge >= 0.3 is 6.18 Å². The van der Waals surface area contributed by atoms with Crippen LogP contribution >= 0.6 is 11.6 Å². The van der Waals surface area contributed by atoms with Crippen LogP contribution in [0.5, 0.6) is 0 Å². The van der Waals surface area contributed by atoms with Crippen molar-refractivity contribution >= 4 is 33.4 Å². The minimum absolute atomic E-state index is 0.193. The number of aromatic amines is 1. The molecular formula is C20H15ClF3N3O2. The van der Waals surface area contributed by atoms with Crippen molar-refractivity contribution in [2.24, 2.45) is 0 Å². The Hall–Kier alpha value is -2.84. The average molecular weight is 422 g/mol. The van der Waals surface area contributed by atoms with Crippen LogP contribution in [-0.2, 0) is 6.54 Å². The first-order chi connectivity index (χ1) is 13.7. The Morgan fingerprint density at radius 3 is 2.66 bits per heavy atom. The van der Waals surface area contributed by atoms with E-state index in [1.807, 2.05) is 0 Å². The molecule has 4 aromatic rings. The molecule has 0 unspecified atom stereocenters. The lowest BCUT2D eigenvalue weighted by molar-refractivity contribution is -0.207. The molecule has 0 bridgehead atoms. The Labute approximate surface area is 167 Å². The van der Waals surface area contributed by atoms with Crippen molar-refractivity contribution in [3.8, 4) is 11.4 Å². The van der Waals surface area contributed by atoms with Gasteiger partial charge in [0.05, 0.1) is 28.5 Å².